The highest BCUT2D eigenvalue weighted by Crippen LogP contribution is 2.25. The lowest BCUT2D eigenvalue weighted by atomic mass is 9.99. The van der Waals surface area contributed by atoms with Crippen molar-refractivity contribution in [1.82, 2.24) is 31.2 Å². The van der Waals surface area contributed by atoms with Crippen LogP contribution < -0.4 is 21.3 Å². The Morgan fingerprint density at radius 1 is 1.00 bits per heavy atom. The number of benzene rings is 1. The zero-order valence-corrected chi connectivity index (χ0v) is 28.6. The Balaban J connectivity index is 1.64. The number of para-hydroxylation sites is 1. The fourth-order valence-electron chi connectivity index (χ4n) is 7.19. The van der Waals surface area contributed by atoms with E-state index in [4.69, 9.17) is 4.74 Å². The smallest absolute Gasteiger partial charge is 0.305 e. The number of nitrogens with one attached hydrogen (secondary N) is 5. The number of unbranched alkanes of at least 4 members (excludes halogenated alkanes) is 2. The van der Waals surface area contributed by atoms with Crippen LogP contribution in [-0.2, 0) is 16.0 Å². The van der Waals surface area contributed by atoms with E-state index in [-0.39, 0.29) is 24.7 Å². The van der Waals surface area contributed by atoms with Crippen LogP contribution >= 0.6 is 0 Å². The van der Waals surface area contributed by atoms with Gasteiger partial charge in [0, 0.05) is 80.6 Å². The lowest BCUT2D eigenvalue weighted by molar-refractivity contribution is -0.142. The molecule has 1 aromatic carbocycles. The largest absolute Gasteiger partial charge is 0.481 e. The third-order valence-corrected chi connectivity index (χ3v) is 9.75. The summed E-state index contributed by atoms with van der Waals surface area (Å²) < 4.78 is 6.67. The second-order valence-electron chi connectivity index (χ2n) is 14.3. The van der Waals surface area contributed by atoms with Gasteiger partial charge >= 0.3 is 5.97 Å². The maximum atomic E-state index is 12.3. The van der Waals surface area contributed by atoms with Gasteiger partial charge < -0.3 is 36.1 Å². The standard InChI is InChI=1S/C36H62N6O3/c1-6-7-10-16-45-36-33(19-35(43)44)40-22-29(18-27-20-39-32-14-9-8-13-31(27)32)37-21-28(17-25(2)3)38-24-34(26(4)5)41-23-30-12-11-15-42(30)36/h8-9,13-14,20,25-26,28-30,33-34,36-41H,6-7,10-12,15-19,21-24H2,1-5H3,(H,43,44)/t28-,29+,30-,33+,34-,36?/m0/s1. The first-order valence-corrected chi connectivity index (χ1v) is 17.8. The van der Waals surface area contributed by atoms with Crippen LogP contribution in [0.4, 0.5) is 0 Å². The number of nitrogens with zero attached hydrogens (tertiary/aromatic N) is 1. The Morgan fingerprint density at radius 2 is 1.78 bits per heavy atom. The summed E-state index contributed by atoms with van der Waals surface area (Å²) in [5.74, 6) is 0.288. The van der Waals surface area contributed by atoms with Gasteiger partial charge in [-0.05, 0) is 55.6 Å². The summed E-state index contributed by atoms with van der Waals surface area (Å²) in [5, 5.41) is 26.9. The van der Waals surface area contributed by atoms with Gasteiger partial charge in [-0.1, -0.05) is 65.7 Å². The molecule has 254 valence electrons. The van der Waals surface area contributed by atoms with Crippen LogP contribution in [0, 0.1) is 11.8 Å². The van der Waals surface area contributed by atoms with E-state index in [0.717, 1.165) is 76.6 Å². The third-order valence-electron chi connectivity index (χ3n) is 9.75. The number of rotatable bonds is 12. The van der Waals surface area contributed by atoms with Gasteiger partial charge in [-0.3, -0.25) is 9.69 Å². The van der Waals surface area contributed by atoms with Gasteiger partial charge in [-0.2, -0.15) is 0 Å². The summed E-state index contributed by atoms with van der Waals surface area (Å²) in [7, 11) is 0. The van der Waals surface area contributed by atoms with E-state index in [9.17, 15) is 9.90 Å². The number of hydrogen-bond donors (Lipinski definition) is 6. The van der Waals surface area contributed by atoms with Crippen LogP contribution in [0.5, 0.6) is 0 Å². The van der Waals surface area contributed by atoms with Crippen molar-refractivity contribution >= 4 is 16.9 Å². The van der Waals surface area contributed by atoms with Crippen molar-refractivity contribution < 1.29 is 14.6 Å². The Kier molecular flexibility index (Phi) is 14.6. The van der Waals surface area contributed by atoms with Crippen LogP contribution in [0.25, 0.3) is 10.9 Å². The SMILES string of the molecule is CCCCCOC1[C@@H](CC(=O)O)NC[C@@H](Cc2c[nH]c3ccccc23)NC[C@H](CC(C)C)NC[C@@H](C(C)C)NC[C@@H]2CCCN12. The molecular formula is C36H62N6O3. The Bertz CT molecular complexity index is 1140. The number of carbonyl (C=O) groups is 1. The van der Waals surface area contributed by atoms with E-state index >= 15 is 0 Å². The monoisotopic (exact) mass is 626 g/mol. The minimum absolute atomic E-state index is 0.0288. The second-order valence-corrected chi connectivity index (χ2v) is 14.3. The van der Waals surface area contributed by atoms with Crippen LogP contribution in [-0.4, -0.2) is 96.7 Å². The van der Waals surface area contributed by atoms with Gasteiger partial charge in [0.1, 0.15) is 6.23 Å². The van der Waals surface area contributed by atoms with Crippen LogP contribution in [0.2, 0.25) is 0 Å². The molecule has 0 spiro atoms. The van der Waals surface area contributed by atoms with Crippen LogP contribution in [0.15, 0.2) is 30.5 Å². The van der Waals surface area contributed by atoms with E-state index in [2.05, 4.69) is 96.2 Å². The molecule has 1 unspecified atom stereocenters. The van der Waals surface area contributed by atoms with Gasteiger partial charge in [-0.25, -0.2) is 0 Å². The minimum atomic E-state index is -0.788. The van der Waals surface area contributed by atoms with Gasteiger partial charge in [-0.15, -0.1) is 0 Å². The summed E-state index contributed by atoms with van der Waals surface area (Å²) >= 11 is 0. The molecule has 9 heteroatoms. The molecular weight excluding hydrogens is 564 g/mol. The van der Waals surface area contributed by atoms with Crippen LogP contribution in [0.1, 0.15) is 85.1 Å². The van der Waals surface area contributed by atoms with Crippen molar-refractivity contribution in [3.8, 4) is 0 Å². The molecule has 45 heavy (non-hydrogen) atoms. The molecule has 6 atom stereocenters. The third kappa shape index (κ3) is 11.0. The molecule has 0 bridgehead atoms. The topological polar surface area (TPSA) is 114 Å². The molecule has 0 amide bonds. The predicted molar refractivity (Wildman–Crippen MR) is 185 cm³/mol. The van der Waals surface area contributed by atoms with E-state index in [0.29, 0.717) is 43.1 Å². The van der Waals surface area contributed by atoms with E-state index in [1.165, 1.54) is 10.9 Å². The normalized spacial score (nSPS) is 27.9. The average Bonchev–Trinajstić information content (AvgIpc) is 3.63. The molecule has 2 aliphatic heterocycles. The summed E-state index contributed by atoms with van der Waals surface area (Å²) in [6.45, 7) is 16.3. The van der Waals surface area contributed by atoms with E-state index in [1.54, 1.807) is 0 Å². The summed E-state index contributed by atoms with van der Waals surface area (Å²) in [6.07, 6.45) is 9.26. The molecule has 2 fully saturated rings. The number of aliphatic carboxylic acids is 1. The van der Waals surface area contributed by atoms with Gasteiger partial charge in [0.15, 0.2) is 0 Å². The van der Waals surface area contributed by atoms with Gasteiger partial charge in [0.05, 0.1) is 12.5 Å². The molecule has 6 N–H and O–H groups in total. The fraction of sp³-hybridized carbons (Fsp3) is 0.750. The summed E-state index contributed by atoms with van der Waals surface area (Å²) in [5.41, 5.74) is 2.43. The first-order chi connectivity index (χ1) is 21.7. The first kappa shape index (κ1) is 35.8. The summed E-state index contributed by atoms with van der Waals surface area (Å²) in [6, 6.07) is 9.29. The molecule has 1 aromatic heterocycles. The van der Waals surface area contributed by atoms with Crippen LogP contribution in [0.3, 0.4) is 0 Å². The molecule has 0 radical (unpaired) electrons. The quantitative estimate of drug-likeness (QED) is 0.188. The number of carboxylic acid groups (broad SMARTS) is 1. The highest BCUT2D eigenvalue weighted by atomic mass is 16.5. The number of H-pyrrole nitrogens is 1. The maximum absolute atomic E-state index is 12.3. The number of ether oxygens (including phenoxy) is 1. The molecule has 0 aliphatic carbocycles. The highest BCUT2D eigenvalue weighted by Gasteiger charge is 2.37. The van der Waals surface area contributed by atoms with Crippen molar-refractivity contribution in [2.45, 2.75) is 122 Å². The molecule has 3 heterocycles. The number of aromatic amines is 1. The average molecular weight is 627 g/mol. The van der Waals surface area contributed by atoms with E-state index in [1.807, 2.05) is 0 Å². The zero-order valence-electron chi connectivity index (χ0n) is 28.6. The minimum Gasteiger partial charge on any atom is -0.481 e. The molecule has 9 nitrogen and oxygen atoms in total. The van der Waals surface area contributed by atoms with Crippen molar-refractivity contribution in [2.75, 3.05) is 39.3 Å². The second kappa shape index (κ2) is 18.4. The maximum Gasteiger partial charge on any atom is 0.305 e. The fourth-order valence-corrected chi connectivity index (χ4v) is 7.19. The lowest BCUT2D eigenvalue weighted by Crippen LogP contribution is -2.58. The molecule has 0 saturated carbocycles. The summed E-state index contributed by atoms with van der Waals surface area (Å²) in [4.78, 5) is 18.2. The van der Waals surface area contributed by atoms with Crippen molar-refractivity contribution in [3.05, 3.63) is 36.0 Å². The number of carboxylic acids is 1. The highest BCUT2D eigenvalue weighted by molar-refractivity contribution is 5.83. The number of fused-ring (bicyclic) bond motifs is 2. The molecule has 2 saturated heterocycles. The first-order valence-electron chi connectivity index (χ1n) is 17.8. The van der Waals surface area contributed by atoms with Crippen molar-refractivity contribution in [2.24, 2.45) is 11.8 Å². The number of aromatic nitrogens is 1. The molecule has 2 aromatic rings. The Hall–Kier alpha value is -2.01. The van der Waals surface area contributed by atoms with Gasteiger partial charge in [0.2, 0.25) is 0 Å². The molecule has 2 aliphatic rings. The lowest BCUT2D eigenvalue weighted by Gasteiger charge is -2.39. The van der Waals surface area contributed by atoms with Crippen molar-refractivity contribution in [1.29, 1.82) is 0 Å². The Labute approximate surface area is 272 Å². The Morgan fingerprint density at radius 3 is 2.53 bits per heavy atom. The number of hydrogen-bond acceptors (Lipinski definition) is 7. The molecule has 4 rings (SSSR count). The van der Waals surface area contributed by atoms with E-state index < -0.39 is 5.97 Å². The van der Waals surface area contributed by atoms with Crippen molar-refractivity contribution in [3.63, 3.8) is 0 Å². The van der Waals surface area contributed by atoms with Gasteiger partial charge in [0.25, 0.3) is 0 Å². The zero-order chi connectivity index (χ0) is 32.2. The predicted octanol–water partition coefficient (Wildman–Crippen LogP) is 4.73.